The molecule has 0 aliphatic rings. The van der Waals surface area contributed by atoms with Gasteiger partial charge in [0.25, 0.3) is 0 Å². The predicted molar refractivity (Wildman–Crippen MR) is 139 cm³/mol. The smallest absolute Gasteiger partial charge is 0.119 e. The summed E-state index contributed by atoms with van der Waals surface area (Å²) in [5.74, 6) is 1.15. The third kappa shape index (κ3) is 8.07. The molecule has 0 heterocycles. The number of hydrogen-bond donors (Lipinski definition) is 1. The summed E-state index contributed by atoms with van der Waals surface area (Å²) in [4.78, 5) is 2.10. The van der Waals surface area contributed by atoms with Crippen LogP contribution in [-0.2, 0) is 17.1 Å². The SMILES string of the molecule is CCC(=C(c1ccc(O)cc1)c1ccc(OCCN(C)C)cc1)[c-]1cccc1.[Fe].[cH-]1[cH-][cH-][cH-][cH-]1. The van der Waals surface area contributed by atoms with Gasteiger partial charge in [0, 0.05) is 23.6 Å². The van der Waals surface area contributed by atoms with E-state index < -0.39 is 0 Å². The maximum absolute atomic E-state index is 9.71. The van der Waals surface area contributed by atoms with E-state index in [1.807, 2.05) is 68.7 Å². The molecule has 3 nitrogen and oxygen atoms in total. The normalized spacial score (nSPS) is 11.2. The Bertz CT molecular complexity index is 1060. The van der Waals surface area contributed by atoms with Gasteiger partial charge in [-0.15, -0.1) is 23.3 Å². The van der Waals surface area contributed by atoms with E-state index in [4.69, 9.17) is 4.74 Å². The quantitative estimate of drug-likeness (QED) is 0.215. The molecule has 1 N–H and O–H groups in total. The van der Waals surface area contributed by atoms with E-state index in [0.717, 1.165) is 29.8 Å². The van der Waals surface area contributed by atoms with Crippen LogP contribution < -0.4 is 4.74 Å². The molecule has 0 unspecified atom stereocenters. The fourth-order valence-electron chi connectivity index (χ4n) is 3.63. The summed E-state index contributed by atoms with van der Waals surface area (Å²) in [7, 11) is 4.08. The molecule has 0 atom stereocenters. The van der Waals surface area contributed by atoms with Gasteiger partial charge in [0.1, 0.15) is 18.1 Å². The molecule has 4 aromatic rings. The average molecular weight is 495 g/mol. The first-order chi connectivity index (χ1) is 16.1. The molecule has 0 saturated heterocycles. The number of allylic oxidation sites excluding steroid dienone is 1. The van der Waals surface area contributed by atoms with Gasteiger partial charge in [-0.05, 0) is 44.8 Å². The van der Waals surface area contributed by atoms with Gasteiger partial charge in [0.15, 0.2) is 0 Å². The Morgan fingerprint density at radius 3 is 1.82 bits per heavy atom. The third-order valence-corrected chi connectivity index (χ3v) is 5.33. The molecule has 0 aliphatic carbocycles. The van der Waals surface area contributed by atoms with Gasteiger partial charge >= 0.3 is 0 Å². The van der Waals surface area contributed by atoms with Crippen molar-refractivity contribution < 1.29 is 26.9 Å². The largest absolute Gasteiger partial charge is 0.748 e. The first kappa shape index (κ1) is 27.2. The van der Waals surface area contributed by atoms with Gasteiger partial charge in [-0.2, -0.15) is 12.1 Å². The van der Waals surface area contributed by atoms with Crippen LogP contribution >= 0.6 is 0 Å². The number of rotatable bonds is 8. The van der Waals surface area contributed by atoms with Crippen LogP contribution in [0, 0.1) is 0 Å². The van der Waals surface area contributed by atoms with Crippen molar-refractivity contribution >= 4 is 11.1 Å². The fourth-order valence-corrected chi connectivity index (χ4v) is 3.63. The molecule has 34 heavy (non-hydrogen) atoms. The van der Waals surface area contributed by atoms with Gasteiger partial charge in [0.05, 0.1) is 0 Å². The first-order valence-corrected chi connectivity index (χ1v) is 11.4. The van der Waals surface area contributed by atoms with E-state index in [-0.39, 0.29) is 22.8 Å². The van der Waals surface area contributed by atoms with Crippen molar-refractivity contribution in [2.45, 2.75) is 13.3 Å². The van der Waals surface area contributed by atoms with E-state index in [2.05, 4.69) is 48.2 Å². The Kier molecular flexibility index (Phi) is 11.4. The Balaban J connectivity index is 0.000000603. The van der Waals surface area contributed by atoms with E-state index >= 15 is 0 Å². The minimum atomic E-state index is 0. The van der Waals surface area contributed by atoms with Crippen molar-refractivity contribution in [1.29, 1.82) is 0 Å². The Morgan fingerprint density at radius 1 is 0.853 bits per heavy atom. The molecule has 0 bridgehead atoms. The average Bonchev–Trinajstić information content (AvgIpc) is 3.56. The molecular weight excluding hydrogens is 462 g/mol. The van der Waals surface area contributed by atoms with E-state index in [9.17, 15) is 5.11 Å². The first-order valence-electron chi connectivity index (χ1n) is 11.4. The van der Waals surface area contributed by atoms with Gasteiger partial charge in [-0.1, -0.05) is 47.9 Å². The molecule has 4 aromatic carbocycles. The number of aromatic hydroxyl groups is 1. The third-order valence-electron chi connectivity index (χ3n) is 5.33. The second-order valence-electron chi connectivity index (χ2n) is 8.07. The number of phenols is 1. The van der Waals surface area contributed by atoms with Crippen molar-refractivity contribution in [3.63, 3.8) is 0 Å². The summed E-state index contributed by atoms with van der Waals surface area (Å²) in [6, 6.07) is 34.2. The van der Waals surface area contributed by atoms with Crippen LogP contribution in [0.2, 0.25) is 0 Å². The van der Waals surface area contributed by atoms with Crippen LogP contribution in [0.15, 0.2) is 103 Å². The Hall–Kier alpha value is -3.04. The second-order valence-corrected chi connectivity index (χ2v) is 8.07. The standard InChI is InChI=1S/C25H28NO2.C5H5.Fe/c1-4-24(19-7-5-6-8-19)25(20-9-13-22(27)14-10-20)21-11-15-23(16-12-21)28-18-17-26(2)3;1-2-4-5-3-1;/h5-16,27H,4,17-18H2,1-3H3;1-5H;/q-1;-5;. The molecule has 4 rings (SSSR count). The number of hydrogen-bond acceptors (Lipinski definition) is 3. The molecule has 0 fully saturated rings. The number of phenolic OH excluding ortho intramolecular Hbond substituents is 1. The van der Waals surface area contributed by atoms with E-state index in [0.29, 0.717) is 6.61 Å². The Labute approximate surface area is 214 Å². The van der Waals surface area contributed by atoms with Crippen LogP contribution in [0.25, 0.3) is 11.1 Å². The number of benzene rings is 2. The van der Waals surface area contributed by atoms with Gasteiger partial charge in [0.2, 0.25) is 0 Å². The van der Waals surface area contributed by atoms with Crippen molar-refractivity contribution in [3.8, 4) is 11.5 Å². The predicted octanol–water partition coefficient (Wildman–Crippen LogP) is 6.82. The monoisotopic (exact) mass is 495 g/mol. The zero-order valence-electron chi connectivity index (χ0n) is 20.1. The van der Waals surface area contributed by atoms with Crippen LogP contribution in [-0.4, -0.2) is 37.3 Å². The minimum Gasteiger partial charge on any atom is -0.748 e. The fraction of sp³-hybridized carbons (Fsp3) is 0.200. The van der Waals surface area contributed by atoms with Crippen LogP contribution in [0.3, 0.4) is 0 Å². The Morgan fingerprint density at radius 2 is 1.35 bits per heavy atom. The van der Waals surface area contributed by atoms with E-state index in [1.54, 1.807) is 12.1 Å². The summed E-state index contributed by atoms with van der Waals surface area (Å²) in [6.07, 6.45) is 0.918. The molecule has 0 radical (unpaired) electrons. The zero-order chi connectivity index (χ0) is 23.5. The summed E-state index contributed by atoms with van der Waals surface area (Å²) < 4.78 is 5.84. The van der Waals surface area contributed by atoms with Crippen molar-refractivity contribution in [2.24, 2.45) is 0 Å². The maximum Gasteiger partial charge on any atom is 0.119 e. The van der Waals surface area contributed by atoms with Crippen LogP contribution in [0.5, 0.6) is 11.5 Å². The second kappa shape index (κ2) is 14.3. The van der Waals surface area contributed by atoms with Crippen molar-refractivity contribution in [1.82, 2.24) is 4.90 Å². The zero-order valence-corrected chi connectivity index (χ0v) is 21.2. The number of likely N-dealkylation sites (N-methyl/N-ethyl adjacent to an activating group) is 1. The van der Waals surface area contributed by atoms with Crippen LogP contribution in [0.1, 0.15) is 30.0 Å². The summed E-state index contributed by atoms with van der Waals surface area (Å²) in [5, 5.41) is 9.71. The summed E-state index contributed by atoms with van der Waals surface area (Å²) in [6.45, 7) is 3.74. The molecule has 184 valence electrons. The summed E-state index contributed by atoms with van der Waals surface area (Å²) in [5.41, 5.74) is 5.95. The van der Waals surface area contributed by atoms with Crippen molar-refractivity contribution in [2.75, 3.05) is 27.2 Å². The number of ether oxygens (including phenoxy) is 1. The molecule has 4 heteroatoms. The van der Waals surface area contributed by atoms with E-state index in [1.165, 1.54) is 16.7 Å². The minimum absolute atomic E-state index is 0. The van der Waals surface area contributed by atoms with Crippen LogP contribution in [0.4, 0.5) is 0 Å². The molecule has 0 spiro atoms. The molecule has 0 aliphatic heterocycles. The van der Waals surface area contributed by atoms with Crippen molar-refractivity contribution in [3.05, 3.63) is 120 Å². The molecular formula is C30H33FeNO2-6. The molecule has 0 aromatic heterocycles. The van der Waals surface area contributed by atoms with Gasteiger partial charge in [-0.3, -0.25) is 0 Å². The number of nitrogens with zero attached hydrogens (tertiary/aromatic N) is 1. The van der Waals surface area contributed by atoms with Gasteiger partial charge < -0.3 is 45.1 Å². The molecule has 0 saturated carbocycles. The molecule has 0 amide bonds. The maximum atomic E-state index is 9.71. The van der Waals surface area contributed by atoms with Gasteiger partial charge in [-0.25, -0.2) is 0 Å². The topological polar surface area (TPSA) is 32.7 Å². The summed E-state index contributed by atoms with van der Waals surface area (Å²) >= 11 is 0.